The molecule has 10 heteroatoms. The molecule has 1 fully saturated rings. The number of carbonyl (C=O) groups excluding carboxylic acids is 1. The second-order valence-corrected chi connectivity index (χ2v) is 7.60. The highest BCUT2D eigenvalue weighted by Crippen LogP contribution is 2.18. The summed E-state index contributed by atoms with van der Waals surface area (Å²) in [4.78, 5) is 12.4. The molecule has 3 heterocycles. The molecule has 0 bridgehead atoms. The van der Waals surface area contributed by atoms with Crippen LogP contribution in [0.4, 0.5) is 0 Å². The van der Waals surface area contributed by atoms with Crippen LogP contribution in [0.15, 0.2) is 24.4 Å². The molecule has 0 saturated carbocycles. The minimum absolute atomic E-state index is 0. The van der Waals surface area contributed by atoms with Gasteiger partial charge < -0.3 is 15.4 Å². The van der Waals surface area contributed by atoms with E-state index in [0.29, 0.717) is 12.5 Å². The number of nitrogens with one attached hydrogen (secondary N) is 2. The zero-order valence-corrected chi connectivity index (χ0v) is 18.5. The van der Waals surface area contributed by atoms with Gasteiger partial charge in [-0.2, -0.15) is 11.8 Å². The van der Waals surface area contributed by atoms with Crippen LogP contribution in [0, 0.1) is 5.92 Å². The van der Waals surface area contributed by atoms with E-state index in [4.69, 9.17) is 4.74 Å². The van der Waals surface area contributed by atoms with E-state index in [9.17, 15) is 4.79 Å². The molecule has 2 aromatic heterocycles. The second kappa shape index (κ2) is 13.2. The smallest absolute Gasteiger partial charge is 0.246 e. The molecule has 2 aromatic rings. The summed E-state index contributed by atoms with van der Waals surface area (Å²) >= 11 is 1.75. The first-order valence-electron chi connectivity index (χ1n) is 9.14. The molecular weight excluding hydrogens is 421 g/mol. The number of hydrogen-bond acceptors (Lipinski definition) is 6. The normalized spacial score (nSPS) is 17.4. The van der Waals surface area contributed by atoms with Crippen molar-refractivity contribution in [3.05, 3.63) is 30.2 Å². The molecule has 0 aliphatic carbocycles. The van der Waals surface area contributed by atoms with Gasteiger partial charge in [-0.3, -0.25) is 9.20 Å². The molecule has 1 saturated heterocycles. The maximum absolute atomic E-state index is 12.4. The minimum atomic E-state index is -0.174. The van der Waals surface area contributed by atoms with Gasteiger partial charge in [0.25, 0.3) is 0 Å². The van der Waals surface area contributed by atoms with Gasteiger partial charge in [0.05, 0.1) is 12.6 Å². The SMILES string of the molecule is CSCCC(NC(=O)COCC1CCCNC1)c1nnc2ccccn12.Cl.Cl. The number of halogens is 2. The van der Waals surface area contributed by atoms with Gasteiger partial charge in [-0.15, -0.1) is 35.0 Å². The summed E-state index contributed by atoms with van der Waals surface area (Å²) < 4.78 is 7.58. The quantitative estimate of drug-likeness (QED) is 0.611. The van der Waals surface area contributed by atoms with Crippen molar-refractivity contribution in [3.8, 4) is 0 Å². The summed E-state index contributed by atoms with van der Waals surface area (Å²) in [6.45, 7) is 2.77. The average molecular weight is 450 g/mol. The standard InChI is InChI=1S/C18H27N5O2S.2ClH/c1-26-10-7-15(18-22-21-16-6-2-3-9-23(16)18)20-17(24)13-25-12-14-5-4-8-19-11-14;;/h2-3,6,9,14-15,19H,4-5,7-8,10-13H2,1H3,(H,20,24);2*1H. The Balaban J connectivity index is 0.00000196. The van der Waals surface area contributed by atoms with Crippen LogP contribution in [-0.4, -0.2) is 58.8 Å². The van der Waals surface area contributed by atoms with Crippen molar-refractivity contribution in [1.29, 1.82) is 0 Å². The van der Waals surface area contributed by atoms with Crippen molar-refractivity contribution in [3.63, 3.8) is 0 Å². The van der Waals surface area contributed by atoms with Gasteiger partial charge in [-0.1, -0.05) is 6.07 Å². The monoisotopic (exact) mass is 449 g/mol. The highest BCUT2D eigenvalue weighted by molar-refractivity contribution is 7.98. The molecule has 28 heavy (non-hydrogen) atoms. The topological polar surface area (TPSA) is 80.5 Å². The molecular formula is C18H29Cl2N5O2S. The lowest BCUT2D eigenvalue weighted by atomic mass is 10.0. The van der Waals surface area contributed by atoms with Crippen molar-refractivity contribution < 1.29 is 9.53 Å². The third kappa shape index (κ3) is 7.08. The molecule has 0 aromatic carbocycles. The third-order valence-electron chi connectivity index (χ3n) is 4.58. The number of thioether (sulfide) groups is 1. The summed E-state index contributed by atoms with van der Waals surface area (Å²) in [5.74, 6) is 2.10. The predicted molar refractivity (Wildman–Crippen MR) is 118 cm³/mol. The van der Waals surface area contributed by atoms with Gasteiger partial charge in [0.1, 0.15) is 6.61 Å². The van der Waals surface area contributed by atoms with E-state index in [2.05, 4.69) is 27.1 Å². The highest BCUT2D eigenvalue weighted by atomic mass is 35.5. The highest BCUT2D eigenvalue weighted by Gasteiger charge is 2.20. The molecule has 2 unspecified atom stereocenters. The molecule has 1 aliphatic rings. The van der Waals surface area contributed by atoms with Crippen molar-refractivity contribution in [2.45, 2.75) is 25.3 Å². The fourth-order valence-electron chi connectivity index (χ4n) is 3.22. The Kier molecular flexibility index (Phi) is 11.8. The lowest BCUT2D eigenvalue weighted by molar-refractivity contribution is -0.127. The number of piperidine rings is 1. The first-order chi connectivity index (χ1) is 12.8. The predicted octanol–water partition coefficient (Wildman–Crippen LogP) is 2.50. The van der Waals surface area contributed by atoms with Crippen LogP contribution in [0.1, 0.15) is 31.1 Å². The van der Waals surface area contributed by atoms with Crippen LogP contribution in [0.2, 0.25) is 0 Å². The number of rotatable bonds is 9. The van der Waals surface area contributed by atoms with Crippen molar-refractivity contribution in [1.82, 2.24) is 25.2 Å². The zero-order valence-electron chi connectivity index (χ0n) is 16.0. The van der Waals surface area contributed by atoms with Gasteiger partial charge in [0, 0.05) is 12.7 Å². The van der Waals surface area contributed by atoms with Crippen LogP contribution in [-0.2, 0) is 9.53 Å². The van der Waals surface area contributed by atoms with Crippen molar-refractivity contribution in [2.75, 3.05) is 38.3 Å². The van der Waals surface area contributed by atoms with Crippen molar-refractivity contribution in [2.24, 2.45) is 5.92 Å². The van der Waals surface area contributed by atoms with Crippen LogP contribution in [0.3, 0.4) is 0 Å². The molecule has 1 amide bonds. The molecule has 2 N–H and O–H groups in total. The Morgan fingerprint density at radius 3 is 3.04 bits per heavy atom. The lowest BCUT2D eigenvalue weighted by Crippen LogP contribution is -2.35. The number of hydrogen-bond donors (Lipinski definition) is 2. The van der Waals surface area contributed by atoms with E-state index in [-0.39, 0.29) is 43.4 Å². The number of nitrogens with zero attached hydrogens (tertiary/aromatic N) is 3. The number of aromatic nitrogens is 3. The molecule has 1 aliphatic heterocycles. The average Bonchev–Trinajstić information content (AvgIpc) is 3.10. The van der Waals surface area contributed by atoms with Crippen LogP contribution >= 0.6 is 36.6 Å². The fourth-order valence-corrected chi connectivity index (χ4v) is 3.69. The summed E-state index contributed by atoms with van der Waals surface area (Å²) in [6.07, 6.45) is 7.13. The number of pyridine rings is 1. The largest absolute Gasteiger partial charge is 0.371 e. The Morgan fingerprint density at radius 1 is 1.43 bits per heavy atom. The molecule has 3 rings (SSSR count). The Labute approximate surface area is 182 Å². The Morgan fingerprint density at radius 2 is 2.29 bits per heavy atom. The minimum Gasteiger partial charge on any atom is -0.371 e. The molecule has 2 atom stereocenters. The Bertz CT molecular complexity index is 712. The van der Waals surface area contributed by atoms with E-state index in [1.165, 1.54) is 6.42 Å². The molecule has 158 valence electrons. The van der Waals surface area contributed by atoms with Crippen molar-refractivity contribution >= 4 is 48.1 Å². The molecule has 0 radical (unpaired) electrons. The van der Waals surface area contributed by atoms with E-state index < -0.39 is 0 Å². The molecule has 7 nitrogen and oxygen atoms in total. The van der Waals surface area contributed by atoms with Crippen LogP contribution in [0.5, 0.6) is 0 Å². The van der Waals surface area contributed by atoms with E-state index >= 15 is 0 Å². The summed E-state index contributed by atoms with van der Waals surface area (Å²) in [5.41, 5.74) is 0.784. The van der Waals surface area contributed by atoms with E-state index in [0.717, 1.165) is 43.2 Å². The van der Waals surface area contributed by atoms with Gasteiger partial charge in [-0.05, 0) is 55.9 Å². The molecule has 0 spiro atoms. The van der Waals surface area contributed by atoms with E-state index in [1.54, 1.807) is 11.8 Å². The zero-order chi connectivity index (χ0) is 18.2. The van der Waals surface area contributed by atoms with Gasteiger partial charge in [-0.25, -0.2) is 0 Å². The number of carbonyl (C=O) groups is 1. The third-order valence-corrected chi connectivity index (χ3v) is 5.23. The van der Waals surface area contributed by atoms with Crippen LogP contribution in [0.25, 0.3) is 5.65 Å². The number of ether oxygens (including phenoxy) is 1. The maximum Gasteiger partial charge on any atom is 0.246 e. The number of fused-ring (bicyclic) bond motifs is 1. The fraction of sp³-hybridized carbons (Fsp3) is 0.611. The van der Waals surface area contributed by atoms with Gasteiger partial charge in [0.2, 0.25) is 5.91 Å². The van der Waals surface area contributed by atoms with Gasteiger partial charge in [0.15, 0.2) is 11.5 Å². The van der Waals surface area contributed by atoms with Crippen LogP contribution < -0.4 is 10.6 Å². The first-order valence-corrected chi connectivity index (χ1v) is 10.5. The van der Waals surface area contributed by atoms with E-state index in [1.807, 2.05) is 28.8 Å². The summed E-state index contributed by atoms with van der Waals surface area (Å²) in [6, 6.07) is 5.60. The lowest BCUT2D eigenvalue weighted by Gasteiger charge is -2.22. The summed E-state index contributed by atoms with van der Waals surface area (Å²) in [5, 5.41) is 14.9. The van der Waals surface area contributed by atoms with Gasteiger partial charge >= 0.3 is 0 Å². The Hall–Kier alpha value is -1.06. The summed E-state index contributed by atoms with van der Waals surface area (Å²) in [7, 11) is 0. The first kappa shape index (κ1) is 25.0. The maximum atomic E-state index is 12.4. The number of amides is 1. The second-order valence-electron chi connectivity index (χ2n) is 6.62.